The van der Waals surface area contributed by atoms with E-state index in [9.17, 15) is 4.79 Å². The number of carbonyl (C=O) groups is 1. The molecule has 2 rings (SSSR count). The van der Waals surface area contributed by atoms with Crippen molar-refractivity contribution in [3.8, 4) is 0 Å². The second-order valence-electron chi connectivity index (χ2n) is 4.16. The Bertz CT molecular complexity index is 434. The highest BCUT2D eigenvalue weighted by Gasteiger charge is 2.29. The predicted molar refractivity (Wildman–Crippen MR) is 62.4 cm³/mol. The van der Waals surface area contributed by atoms with Gasteiger partial charge in [-0.3, -0.25) is 0 Å². The van der Waals surface area contributed by atoms with Crippen LogP contribution in [0, 0.1) is 5.92 Å². The Labute approximate surface area is 99.0 Å². The number of carbonyl (C=O) groups excluding carboxylic acids is 1. The largest absolute Gasteiger partial charge is 0.462 e. The summed E-state index contributed by atoms with van der Waals surface area (Å²) >= 11 is 0. The molecule has 1 aliphatic carbocycles. The molecular weight excluding hydrogens is 218 g/mol. The molecule has 0 unspecified atom stereocenters. The van der Waals surface area contributed by atoms with Gasteiger partial charge in [-0.2, -0.15) is 0 Å². The van der Waals surface area contributed by atoms with Crippen molar-refractivity contribution in [2.75, 3.05) is 6.61 Å². The summed E-state index contributed by atoms with van der Waals surface area (Å²) in [7, 11) is 0. The molecule has 1 aromatic carbocycles. The van der Waals surface area contributed by atoms with Gasteiger partial charge in [0.05, 0.1) is 12.2 Å². The summed E-state index contributed by atoms with van der Waals surface area (Å²) in [5, 5.41) is 3.61. The van der Waals surface area contributed by atoms with E-state index in [1.165, 1.54) is 0 Å². The number of hydrogen-bond acceptors (Lipinski definition) is 3. The van der Waals surface area contributed by atoms with Crippen molar-refractivity contribution in [2.24, 2.45) is 11.0 Å². The molecule has 0 spiro atoms. The van der Waals surface area contributed by atoms with E-state index >= 15 is 0 Å². The fourth-order valence-corrected chi connectivity index (χ4v) is 1.86. The molecule has 0 aliphatic heterocycles. The van der Waals surface area contributed by atoms with Gasteiger partial charge >= 0.3 is 5.97 Å². The molecule has 0 radical (unpaired) electrons. The van der Waals surface area contributed by atoms with Gasteiger partial charge in [0.15, 0.2) is 0 Å². The molecule has 88 valence electrons. The SMILES string of the molecule is [N-]=[N+]=NC1CC(COC(=O)c2ccccc2)C1. The van der Waals surface area contributed by atoms with Gasteiger partial charge < -0.3 is 4.74 Å². The third-order valence-corrected chi connectivity index (χ3v) is 2.89. The fraction of sp³-hybridized carbons (Fsp3) is 0.417. The fourth-order valence-electron chi connectivity index (χ4n) is 1.86. The van der Waals surface area contributed by atoms with Crippen LogP contribution in [-0.4, -0.2) is 18.6 Å². The minimum Gasteiger partial charge on any atom is -0.462 e. The molecule has 0 saturated heterocycles. The van der Waals surface area contributed by atoms with Gasteiger partial charge in [-0.25, -0.2) is 4.79 Å². The van der Waals surface area contributed by atoms with Gasteiger partial charge in [0.2, 0.25) is 0 Å². The van der Waals surface area contributed by atoms with Crippen LogP contribution in [0.4, 0.5) is 0 Å². The lowest BCUT2D eigenvalue weighted by Gasteiger charge is -2.31. The average molecular weight is 231 g/mol. The van der Waals surface area contributed by atoms with Gasteiger partial charge in [-0.1, -0.05) is 23.3 Å². The van der Waals surface area contributed by atoms with E-state index in [2.05, 4.69) is 10.0 Å². The molecule has 17 heavy (non-hydrogen) atoms. The van der Waals surface area contributed by atoms with Gasteiger partial charge in [0.1, 0.15) is 0 Å². The minimum atomic E-state index is -0.294. The van der Waals surface area contributed by atoms with E-state index in [1.54, 1.807) is 24.3 Å². The zero-order chi connectivity index (χ0) is 12.1. The van der Waals surface area contributed by atoms with Gasteiger partial charge in [-0.15, -0.1) is 0 Å². The first kappa shape index (κ1) is 11.5. The average Bonchev–Trinajstić information content (AvgIpc) is 2.32. The molecular formula is C12H13N3O2. The number of nitrogens with zero attached hydrogens (tertiary/aromatic N) is 3. The number of rotatable bonds is 4. The quantitative estimate of drug-likeness (QED) is 0.346. The topological polar surface area (TPSA) is 75.1 Å². The number of azide groups is 1. The molecule has 0 amide bonds. The van der Waals surface area contributed by atoms with Crippen molar-refractivity contribution < 1.29 is 9.53 Å². The number of esters is 1. The van der Waals surface area contributed by atoms with Crippen molar-refractivity contribution in [2.45, 2.75) is 18.9 Å². The zero-order valence-corrected chi connectivity index (χ0v) is 9.32. The highest BCUT2D eigenvalue weighted by Crippen LogP contribution is 2.30. The van der Waals surface area contributed by atoms with Crippen LogP contribution in [0.3, 0.4) is 0 Å². The summed E-state index contributed by atoms with van der Waals surface area (Å²) in [5.41, 5.74) is 8.80. The second kappa shape index (κ2) is 5.37. The molecule has 5 heteroatoms. The van der Waals surface area contributed by atoms with E-state index in [4.69, 9.17) is 10.3 Å². The highest BCUT2D eigenvalue weighted by atomic mass is 16.5. The summed E-state index contributed by atoms with van der Waals surface area (Å²) in [5.74, 6) is 0.0380. The van der Waals surface area contributed by atoms with Crippen LogP contribution in [0.1, 0.15) is 23.2 Å². The van der Waals surface area contributed by atoms with Gasteiger partial charge in [0, 0.05) is 11.0 Å². The van der Waals surface area contributed by atoms with Crippen LogP contribution in [0.15, 0.2) is 35.4 Å². The van der Waals surface area contributed by atoms with E-state index in [0.29, 0.717) is 18.1 Å². The molecule has 1 aromatic rings. The van der Waals surface area contributed by atoms with Crippen molar-refractivity contribution in [3.05, 3.63) is 46.3 Å². The van der Waals surface area contributed by atoms with Crippen molar-refractivity contribution in [1.82, 2.24) is 0 Å². The normalized spacial score (nSPS) is 22.1. The van der Waals surface area contributed by atoms with E-state index < -0.39 is 0 Å². The Balaban J connectivity index is 1.73. The lowest BCUT2D eigenvalue weighted by Crippen LogP contribution is -2.31. The first-order chi connectivity index (χ1) is 8.29. The molecule has 1 saturated carbocycles. The molecule has 1 aliphatic rings. The maximum absolute atomic E-state index is 11.6. The number of hydrogen-bond donors (Lipinski definition) is 0. The van der Waals surface area contributed by atoms with Crippen LogP contribution in [0.5, 0.6) is 0 Å². The maximum Gasteiger partial charge on any atom is 0.338 e. The number of ether oxygens (including phenoxy) is 1. The van der Waals surface area contributed by atoms with Crippen molar-refractivity contribution >= 4 is 5.97 Å². The standard InChI is InChI=1S/C12H13N3O2/c13-15-14-11-6-9(7-11)8-17-12(16)10-4-2-1-3-5-10/h1-5,9,11H,6-8H2. The van der Waals surface area contributed by atoms with E-state index in [0.717, 1.165) is 12.8 Å². The Morgan fingerprint density at radius 2 is 2.12 bits per heavy atom. The van der Waals surface area contributed by atoms with Gasteiger partial charge in [0.25, 0.3) is 0 Å². The summed E-state index contributed by atoms with van der Waals surface area (Å²) in [6.07, 6.45) is 1.62. The molecule has 0 bridgehead atoms. The molecule has 0 heterocycles. The van der Waals surface area contributed by atoms with E-state index in [-0.39, 0.29) is 12.0 Å². The molecule has 1 fully saturated rings. The zero-order valence-electron chi connectivity index (χ0n) is 9.32. The van der Waals surface area contributed by atoms with Crippen LogP contribution in [-0.2, 0) is 4.74 Å². The summed E-state index contributed by atoms with van der Waals surface area (Å²) in [6.45, 7) is 0.408. The van der Waals surface area contributed by atoms with Crippen molar-refractivity contribution in [1.29, 1.82) is 0 Å². The Morgan fingerprint density at radius 1 is 1.41 bits per heavy atom. The first-order valence-electron chi connectivity index (χ1n) is 5.56. The molecule has 0 N–H and O–H groups in total. The second-order valence-corrected chi connectivity index (χ2v) is 4.16. The maximum atomic E-state index is 11.6. The smallest absolute Gasteiger partial charge is 0.338 e. The molecule has 0 aromatic heterocycles. The minimum absolute atomic E-state index is 0.0837. The summed E-state index contributed by atoms with van der Waals surface area (Å²) in [6, 6.07) is 9.00. The Morgan fingerprint density at radius 3 is 2.76 bits per heavy atom. The van der Waals surface area contributed by atoms with Crippen LogP contribution in [0.2, 0.25) is 0 Å². The lowest BCUT2D eigenvalue weighted by molar-refractivity contribution is 0.0348. The van der Waals surface area contributed by atoms with Gasteiger partial charge in [-0.05, 0) is 36.4 Å². The Hall–Kier alpha value is -2.00. The van der Waals surface area contributed by atoms with Crippen LogP contribution in [0.25, 0.3) is 10.4 Å². The Kier molecular flexibility index (Phi) is 3.62. The predicted octanol–water partition coefficient (Wildman–Crippen LogP) is 2.93. The summed E-state index contributed by atoms with van der Waals surface area (Å²) < 4.78 is 5.18. The number of benzene rings is 1. The molecule has 5 nitrogen and oxygen atoms in total. The third-order valence-electron chi connectivity index (χ3n) is 2.89. The summed E-state index contributed by atoms with van der Waals surface area (Å²) in [4.78, 5) is 14.3. The van der Waals surface area contributed by atoms with Crippen LogP contribution >= 0.6 is 0 Å². The van der Waals surface area contributed by atoms with E-state index in [1.807, 2.05) is 6.07 Å². The lowest BCUT2D eigenvalue weighted by atomic mass is 9.81. The monoisotopic (exact) mass is 231 g/mol. The molecule has 0 atom stereocenters. The third kappa shape index (κ3) is 2.98. The van der Waals surface area contributed by atoms with Crippen LogP contribution < -0.4 is 0 Å². The highest BCUT2D eigenvalue weighted by molar-refractivity contribution is 5.89. The first-order valence-corrected chi connectivity index (χ1v) is 5.56. The van der Waals surface area contributed by atoms with Crippen molar-refractivity contribution in [3.63, 3.8) is 0 Å².